The largest absolute Gasteiger partial charge is 0.493 e. The van der Waals surface area contributed by atoms with Gasteiger partial charge in [-0.15, -0.1) is 0 Å². The van der Waals surface area contributed by atoms with Gasteiger partial charge in [-0.05, 0) is 24.6 Å². The Kier molecular flexibility index (Phi) is 7.75. The van der Waals surface area contributed by atoms with Crippen LogP contribution in [0.2, 0.25) is 0 Å². The van der Waals surface area contributed by atoms with Crippen LogP contribution in [0.15, 0.2) is 27.7 Å². The van der Waals surface area contributed by atoms with Gasteiger partial charge in [0.05, 0.1) is 40.6 Å². The van der Waals surface area contributed by atoms with Crippen LogP contribution < -0.4 is 24.8 Å². The van der Waals surface area contributed by atoms with Crippen LogP contribution in [0.3, 0.4) is 0 Å². The predicted molar refractivity (Wildman–Crippen MR) is 113 cm³/mol. The van der Waals surface area contributed by atoms with Crippen LogP contribution in [-0.4, -0.2) is 38.8 Å². The van der Waals surface area contributed by atoms with Crippen molar-refractivity contribution in [1.82, 2.24) is 15.6 Å². The summed E-state index contributed by atoms with van der Waals surface area (Å²) in [6.45, 7) is 9.90. The van der Waals surface area contributed by atoms with Crippen molar-refractivity contribution in [3.8, 4) is 17.2 Å². The number of guanidine groups is 1. The van der Waals surface area contributed by atoms with Gasteiger partial charge in [0.1, 0.15) is 5.76 Å². The first-order valence-corrected chi connectivity index (χ1v) is 9.58. The third kappa shape index (κ3) is 6.04. The summed E-state index contributed by atoms with van der Waals surface area (Å²) in [5, 5.41) is 6.47. The molecule has 0 fully saturated rings. The molecule has 0 aliphatic carbocycles. The number of rotatable bonds is 8. The zero-order valence-corrected chi connectivity index (χ0v) is 18.4. The number of ether oxygens (including phenoxy) is 3. The van der Waals surface area contributed by atoms with Gasteiger partial charge in [0.15, 0.2) is 17.5 Å². The molecule has 0 aliphatic rings. The number of nitrogens with zero attached hydrogens (tertiary/aromatic N) is 2. The molecule has 2 rings (SSSR count). The highest BCUT2D eigenvalue weighted by atomic mass is 16.5. The Morgan fingerprint density at radius 3 is 2.21 bits per heavy atom. The van der Waals surface area contributed by atoms with E-state index >= 15 is 0 Å². The van der Waals surface area contributed by atoms with E-state index in [2.05, 4.69) is 41.4 Å². The van der Waals surface area contributed by atoms with Gasteiger partial charge in [-0.3, -0.25) is 0 Å². The number of oxazole rings is 1. The first kappa shape index (κ1) is 22.4. The Morgan fingerprint density at radius 1 is 1.07 bits per heavy atom. The van der Waals surface area contributed by atoms with Gasteiger partial charge in [-0.25, -0.2) is 9.98 Å². The number of hydrogen-bond donors (Lipinski definition) is 2. The molecule has 2 aromatic rings. The molecule has 8 heteroatoms. The third-order valence-corrected chi connectivity index (χ3v) is 4.19. The summed E-state index contributed by atoms with van der Waals surface area (Å²) >= 11 is 0. The normalized spacial score (nSPS) is 11.9. The molecule has 1 aromatic carbocycles. The Bertz CT molecular complexity index is 799. The maximum atomic E-state index is 5.82. The first-order chi connectivity index (χ1) is 13.8. The lowest BCUT2D eigenvalue weighted by Crippen LogP contribution is -2.36. The van der Waals surface area contributed by atoms with Gasteiger partial charge in [0.2, 0.25) is 11.6 Å². The van der Waals surface area contributed by atoms with E-state index in [1.807, 2.05) is 19.1 Å². The summed E-state index contributed by atoms with van der Waals surface area (Å²) in [7, 11) is 4.77. The minimum Gasteiger partial charge on any atom is -0.493 e. The lowest BCUT2D eigenvalue weighted by Gasteiger charge is -2.14. The molecule has 0 atom stereocenters. The van der Waals surface area contributed by atoms with E-state index in [1.54, 1.807) is 27.5 Å². The van der Waals surface area contributed by atoms with Crippen LogP contribution >= 0.6 is 0 Å². The van der Waals surface area contributed by atoms with Crippen molar-refractivity contribution < 1.29 is 18.6 Å². The fraction of sp³-hybridized carbons (Fsp3) is 0.524. The molecular formula is C21H32N4O4. The standard InChI is InChI=1S/C21H32N4O4/c1-8-22-20(25-13-18-23-12-17(29-18)21(2,3)4)24-11-14-9-15(26-5)19(28-7)16(10-14)27-6/h9-10,12H,8,11,13H2,1-7H3,(H2,22,24,25). The number of aliphatic imine (C=N–C) groups is 1. The average molecular weight is 405 g/mol. The van der Waals surface area contributed by atoms with E-state index in [0.29, 0.717) is 42.2 Å². The smallest absolute Gasteiger partial charge is 0.213 e. The van der Waals surface area contributed by atoms with Crippen molar-refractivity contribution >= 4 is 5.96 Å². The molecule has 29 heavy (non-hydrogen) atoms. The van der Waals surface area contributed by atoms with Crippen molar-refractivity contribution in [3.05, 3.63) is 35.5 Å². The molecule has 0 radical (unpaired) electrons. The van der Waals surface area contributed by atoms with Crippen LogP contribution in [0.5, 0.6) is 17.2 Å². The van der Waals surface area contributed by atoms with E-state index in [1.165, 1.54) is 0 Å². The molecule has 0 saturated heterocycles. The van der Waals surface area contributed by atoms with Gasteiger partial charge in [-0.1, -0.05) is 20.8 Å². The zero-order chi connectivity index (χ0) is 21.4. The van der Waals surface area contributed by atoms with E-state index in [4.69, 9.17) is 18.6 Å². The Morgan fingerprint density at radius 2 is 1.72 bits per heavy atom. The monoisotopic (exact) mass is 404 g/mol. The van der Waals surface area contributed by atoms with Crippen LogP contribution in [0, 0.1) is 0 Å². The van der Waals surface area contributed by atoms with Gasteiger partial charge >= 0.3 is 0 Å². The van der Waals surface area contributed by atoms with Crippen LogP contribution in [0.25, 0.3) is 0 Å². The average Bonchev–Trinajstić information content (AvgIpc) is 3.18. The molecule has 1 heterocycles. The molecule has 0 aliphatic heterocycles. The lowest BCUT2D eigenvalue weighted by molar-refractivity contribution is 0.324. The van der Waals surface area contributed by atoms with Crippen molar-refractivity contribution in [3.63, 3.8) is 0 Å². The zero-order valence-electron chi connectivity index (χ0n) is 18.4. The minimum atomic E-state index is -0.0731. The van der Waals surface area contributed by atoms with E-state index in [0.717, 1.165) is 17.9 Å². The summed E-state index contributed by atoms with van der Waals surface area (Å²) in [6.07, 6.45) is 1.77. The molecule has 0 unspecified atom stereocenters. The molecule has 8 nitrogen and oxygen atoms in total. The third-order valence-electron chi connectivity index (χ3n) is 4.19. The quantitative estimate of drug-likeness (QED) is 0.515. The van der Waals surface area contributed by atoms with Gasteiger partial charge in [-0.2, -0.15) is 0 Å². The molecule has 0 spiro atoms. The second kappa shape index (κ2) is 10.0. The highest BCUT2D eigenvalue weighted by Gasteiger charge is 2.19. The molecule has 2 N–H and O–H groups in total. The van der Waals surface area contributed by atoms with Gasteiger partial charge < -0.3 is 29.3 Å². The molecule has 160 valence electrons. The summed E-state index contributed by atoms with van der Waals surface area (Å²) in [5.41, 5.74) is 0.860. The van der Waals surface area contributed by atoms with Gasteiger partial charge in [0.25, 0.3) is 0 Å². The number of aromatic nitrogens is 1. The van der Waals surface area contributed by atoms with Crippen LogP contribution in [0.4, 0.5) is 0 Å². The first-order valence-electron chi connectivity index (χ1n) is 9.58. The van der Waals surface area contributed by atoms with Crippen molar-refractivity contribution in [2.24, 2.45) is 4.99 Å². The minimum absolute atomic E-state index is 0.0731. The van der Waals surface area contributed by atoms with E-state index in [9.17, 15) is 0 Å². The molecule has 0 amide bonds. The summed E-state index contributed by atoms with van der Waals surface area (Å²) in [4.78, 5) is 8.97. The second-order valence-electron chi connectivity index (χ2n) is 7.45. The lowest BCUT2D eigenvalue weighted by atomic mass is 9.94. The van der Waals surface area contributed by atoms with Crippen molar-refractivity contribution in [1.29, 1.82) is 0 Å². The van der Waals surface area contributed by atoms with Crippen LogP contribution in [-0.2, 0) is 18.5 Å². The fourth-order valence-corrected chi connectivity index (χ4v) is 2.64. The fourth-order valence-electron chi connectivity index (χ4n) is 2.64. The number of methoxy groups -OCH3 is 3. The number of hydrogen-bond acceptors (Lipinski definition) is 6. The van der Waals surface area contributed by atoms with E-state index < -0.39 is 0 Å². The Hall–Kier alpha value is -2.90. The number of nitrogens with one attached hydrogen (secondary N) is 2. The van der Waals surface area contributed by atoms with E-state index in [-0.39, 0.29) is 5.41 Å². The topological polar surface area (TPSA) is 90.1 Å². The SMILES string of the molecule is CCNC(=NCc1cc(OC)c(OC)c(OC)c1)NCc1ncc(C(C)(C)C)o1. The summed E-state index contributed by atoms with van der Waals surface area (Å²) < 4.78 is 22.0. The van der Waals surface area contributed by atoms with Crippen molar-refractivity contribution in [2.45, 2.75) is 46.2 Å². The Labute approximate surface area is 172 Å². The van der Waals surface area contributed by atoms with Crippen molar-refractivity contribution in [2.75, 3.05) is 27.9 Å². The van der Waals surface area contributed by atoms with Gasteiger partial charge in [0, 0.05) is 12.0 Å². The second-order valence-corrected chi connectivity index (χ2v) is 7.45. The molecule has 0 saturated carbocycles. The highest BCUT2D eigenvalue weighted by Crippen LogP contribution is 2.38. The maximum Gasteiger partial charge on any atom is 0.213 e. The highest BCUT2D eigenvalue weighted by molar-refractivity contribution is 5.79. The maximum absolute atomic E-state index is 5.82. The van der Waals surface area contributed by atoms with Crippen LogP contribution in [0.1, 0.15) is 44.9 Å². The number of benzene rings is 1. The molecule has 0 bridgehead atoms. The molecule has 1 aromatic heterocycles. The molecular weight excluding hydrogens is 372 g/mol. The predicted octanol–water partition coefficient (Wildman–Crippen LogP) is 3.25. The Balaban J connectivity index is 2.11. The summed E-state index contributed by atoms with van der Waals surface area (Å²) in [6, 6.07) is 3.77. The summed E-state index contributed by atoms with van der Waals surface area (Å²) in [5.74, 6) is 3.90.